The molecule has 4 heteroatoms. The van der Waals surface area contributed by atoms with Crippen LogP contribution in [0.25, 0.3) is 16.7 Å². The lowest BCUT2D eigenvalue weighted by atomic mass is 9.75. The average Bonchev–Trinajstić information content (AvgIpc) is 3.46. The van der Waals surface area contributed by atoms with Crippen molar-refractivity contribution in [3.8, 4) is 11.1 Å². The first kappa shape index (κ1) is 27.9. The number of esters is 1. The highest BCUT2D eigenvalue weighted by Crippen LogP contribution is 2.50. The van der Waals surface area contributed by atoms with Gasteiger partial charge in [-0.15, -0.1) is 0 Å². The fourth-order valence-electron chi connectivity index (χ4n) is 6.16. The lowest BCUT2D eigenvalue weighted by molar-refractivity contribution is -0.0841. The normalized spacial score (nSPS) is 22.1. The van der Waals surface area contributed by atoms with Crippen molar-refractivity contribution in [3.05, 3.63) is 149 Å². The second kappa shape index (κ2) is 12.3. The molecule has 6 rings (SSSR count). The molecular weight excluding hydrogens is 520 g/mol. The lowest BCUT2D eigenvalue weighted by Gasteiger charge is -2.37. The summed E-state index contributed by atoms with van der Waals surface area (Å²) in [5.74, 6) is 0.184. The standard InChI is InChI=1S/C38H36O4/c1-3-35-38(42-36(4-2)41-35,31-18-12-7-13-19-31)32-24-25-33(34(26-32)40-37(39)30-16-10-6-11-17-30)29-22-20-28(21-23-29)27-14-8-5-9-15-27/h5-23,26,35-36H,3-4,24-25H2,1-2H3/t35-,36-,38+/m0/s1. The summed E-state index contributed by atoms with van der Waals surface area (Å²) in [6, 6.07) is 38.3. The molecule has 2 aliphatic rings. The molecule has 4 aromatic carbocycles. The van der Waals surface area contributed by atoms with Crippen LogP contribution < -0.4 is 0 Å². The molecule has 0 amide bonds. The number of ether oxygens (including phenoxy) is 3. The van der Waals surface area contributed by atoms with E-state index in [9.17, 15) is 4.79 Å². The first-order chi connectivity index (χ1) is 20.6. The molecule has 0 aromatic heterocycles. The highest BCUT2D eigenvalue weighted by atomic mass is 16.7. The molecule has 1 fully saturated rings. The Morgan fingerprint density at radius 2 is 1.33 bits per heavy atom. The van der Waals surface area contributed by atoms with E-state index in [1.54, 1.807) is 12.1 Å². The SMILES string of the molecule is CC[C@H]1O[C@@H](CC)[C@](C2=CC(OC(=O)c3ccccc3)=C(c3ccc(-c4ccccc4)cc3)CC2)(c2ccccc2)O1. The van der Waals surface area contributed by atoms with Crippen LogP contribution in [0.4, 0.5) is 0 Å². The maximum absolute atomic E-state index is 13.4. The molecule has 3 atom stereocenters. The van der Waals surface area contributed by atoms with Gasteiger partial charge in [-0.25, -0.2) is 4.79 Å². The third kappa shape index (κ3) is 5.36. The zero-order chi connectivity index (χ0) is 28.9. The quantitative estimate of drug-likeness (QED) is 0.203. The van der Waals surface area contributed by atoms with Gasteiger partial charge in [0.2, 0.25) is 0 Å². The van der Waals surface area contributed by atoms with Crippen molar-refractivity contribution in [2.45, 2.75) is 57.5 Å². The van der Waals surface area contributed by atoms with Crippen molar-refractivity contribution in [1.82, 2.24) is 0 Å². The smallest absolute Gasteiger partial charge is 0.343 e. The summed E-state index contributed by atoms with van der Waals surface area (Å²) in [4.78, 5) is 13.4. The van der Waals surface area contributed by atoms with Crippen molar-refractivity contribution in [3.63, 3.8) is 0 Å². The van der Waals surface area contributed by atoms with Crippen LogP contribution in [-0.2, 0) is 19.8 Å². The fraction of sp³-hybridized carbons (Fsp3) is 0.237. The van der Waals surface area contributed by atoms with E-state index in [4.69, 9.17) is 14.2 Å². The van der Waals surface area contributed by atoms with E-state index in [0.717, 1.165) is 47.1 Å². The van der Waals surface area contributed by atoms with Crippen molar-refractivity contribution < 1.29 is 19.0 Å². The molecular formula is C38H36O4. The van der Waals surface area contributed by atoms with Crippen molar-refractivity contribution >= 4 is 11.5 Å². The molecule has 1 aliphatic carbocycles. The van der Waals surface area contributed by atoms with Crippen LogP contribution >= 0.6 is 0 Å². The zero-order valence-corrected chi connectivity index (χ0v) is 24.2. The van der Waals surface area contributed by atoms with Crippen LogP contribution in [0.1, 0.15) is 61.0 Å². The number of carbonyl (C=O) groups is 1. The Bertz CT molecular complexity index is 1570. The van der Waals surface area contributed by atoms with E-state index in [1.807, 2.05) is 60.7 Å². The Balaban J connectivity index is 1.46. The molecule has 0 bridgehead atoms. The molecule has 0 spiro atoms. The number of allylic oxidation sites excluding steroid dienone is 2. The van der Waals surface area contributed by atoms with E-state index < -0.39 is 5.60 Å². The monoisotopic (exact) mass is 556 g/mol. The molecule has 0 radical (unpaired) electrons. The van der Waals surface area contributed by atoms with E-state index in [-0.39, 0.29) is 18.4 Å². The summed E-state index contributed by atoms with van der Waals surface area (Å²) in [6.45, 7) is 4.22. The molecule has 0 N–H and O–H groups in total. The molecule has 0 unspecified atom stereocenters. The first-order valence-electron chi connectivity index (χ1n) is 14.9. The van der Waals surface area contributed by atoms with E-state index >= 15 is 0 Å². The van der Waals surface area contributed by atoms with Crippen LogP contribution in [-0.4, -0.2) is 18.4 Å². The summed E-state index contributed by atoms with van der Waals surface area (Å²) in [7, 11) is 0. The van der Waals surface area contributed by atoms with Gasteiger partial charge in [0.15, 0.2) is 6.29 Å². The van der Waals surface area contributed by atoms with Crippen molar-refractivity contribution in [1.29, 1.82) is 0 Å². The highest BCUT2D eigenvalue weighted by Gasteiger charge is 2.52. The molecule has 4 aromatic rings. The third-order valence-corrected chi connectivity index (χ3v) is 8.27. The summed E-state index contributed by atoms with van der Waals surface area (Å²) in [5.41, 5.74) is 6.23. The van der Waals surface area contributed by atoms with Crippen molar-refractivity contribution in [2.24, 2.45) is 0 Å². The minimum absolute atomic E-state index is 0.158. The van der Waals surface area contributed by atoms with Gasteiger partial charge in [-0.05, 0) is 71.7 Å². The Morgan fingerprint density at radius 1 is 0.738 bits per heavy atom. The zero-order valence-electron chi connectivity index (χ0n) is 24.2. The van der Waals surface area contributed by atoms with Gasteiger partial charge in [-0.2, -0.15) is 0 Å². The third-order valence-electron chi connectivity index (χ3n) is 8.27. The van der Waals surface area contributed by atoms with Gasteiger partial charge in [-0.1, -0.05) is 117 Å². The van der Waals surface area contributed by atoms with E-state index in [1.165, 1.54) is 5.56 Å². The fourth-order valence-corrected chi connectivity index (χ4v) is 6.16. The van der Waals surface area contributed by atoms with Crippen LogP contribution in [0.15, 0.2) is 133 Å². The summed E-state index contributed by atoms with van der Waals surface area (Å²) in [5, 5.41) is 0. The predicted octanol–water partition coefficient (Wildman–Crippen LogP) is 9.10. The highest BCUT2D eigenvalue weighted by molar-refractivity contribution is 5.91. The van der Waals surface area contributed by atoms with Crippen molar-refractivity contribution in [2.75, 3.05) is 0 Å². The molecule has 4 nitrogen and oxygen atoms in total. The summed E-state index contributed by atoms with van der Waals surface area (Å²) < 4.78 is 19.5. The van der Waals surface area contributed by atoms with Gasteiger partial charge in [0.05, 0.1) is 11.7 Å². The lowest BCUT2D eigenvalue weighted by Crippen LogP contribution is -2.39. The molecule has 1 heterocycles. The molecule has 1 aliphatic heterocycles. The van der Waals surface area contributed by atoms with E-state index in [0.29, 0.717) is 17.7 Å². The topological polar surface area (TPSA) is 44.8 Å². The number of benzene rings is 4. The molecule has 212 valence electrons. The first-order valence-corrected chi connectivity index (χ1v) is 14.9. The minimum Gasteiger partial charge on any atom is -0.423 e. The van der Waals surface area contributed by atoms with Crippen LogP contribution in [0.5, 0.6) is 0 Å². The maximum atomic E-state index is 13.4. The number of carbonyl (C=O) groups excluding carboxylic acids is 1. The Hall–Kier alpha value is -4.25. The van der Waals surface area contributed by atoms with Gasteiger partial charge in [0.25, 0.3) is 0 Å². The second-order valence-electron chi connectivity index (χ2n) is 10.8. The van der Waals surface area contributed by atoms with Crippen LogP contribution in [0.2, 0.25) is 0 Å². The Morgan fingerprint density at radius 3 is 1.98 bits per heavy atom. The van der Waals surface area contributed by atoms with Crippen LogP contribution in [0, 0.1) is 0 Å². The maximum Gasteiger partial charge on any atom is 0.343 e. The van der Waals surface area contributed by atoms with Crippen LogP contribution in [0.3, 0.4) is 0 Å². The van der Waals surface area contributed by atoms with Gasteiger partial charge in [0, 0.05) is 5.57 Å². The number of rotatable bonds is 8. The van der Waals surface area contributed by atoms with Gasteiger partial charge in [-0.3, -0.25) is 0 Å². The second-order valence-corrected chi connectivity index (χ2v) is 10.8. The Kier molecular flexibility index (Phi) is 8.18. The van der Waals surface area contributed by atoms with Gasteiger partial charge < -0.3 is 14.2 Å². The Labute approximate surface area is 248 Å². The minimum atomic E-state index is -0.760. The van der Waals surface area contributed by atoms with E-state index in [2.05, 4.69) is 62.4 Å². The molecule has 1 saturated heterocycles. The van der Waals surface area contributed by atoms with Gasteiger partial charge >= 0.3 is 5.97 Å². The van der Waals surface area contributed by atoms with Gasteiger partial charge in [0.1, 0.15) is 11.4 Å². The predicted molar refractivity (Wildman–Crippen MR) is 166 cm³/mol. The molecule has 0 saturated carbocycles. The molecule has 42 heavy (non-hydrogen) atoms. The summed E-state index contributed by atoms with van der Waals surface area (Å²) >= 11 is 0. The number of hydrogen-bond donors (Lipinski definition) is 0. The largest absolute Gasteiger partial charge is 0.423 e. The number of hydrogen-bond acceptors (Lipinski definition) is 4. The summed E-state index contributed by atoms with van der Waals surface area (Å²) in [6.07, 6.45) is 4.59. The average molecular weight is 557 g/mol.